The van der Waals surface area contributed by atoms with Crippen molar-refractivity contribution < 1.29 is 4.79 Å². The van der Waals surface area contributed by atoms with E-state index in [-0.39, 0.29) is 17.1 Å². The van der Waals surface area contributed by atoms with Gasteiger partial charge >= 0.3 is 0 Å². The van der Waals surface area contributed by atoms with E-state index in [1.54, 1.807) is 11.1 Å². The molecule has 1 aromatic rings. The predicted octanol–water partition coefficient (Wildman–Crippen LogP) is 2.33. The summed E-state index contributed by atoms with van der Waals surface area (Å²) in [5.74, 6) is 1.30. The van der Waals surface area contributed by atoms with Crippen molar-refractivity contribution in [2.75, 3.05) is 17.3 Å². The maximum absolute atomic E-state index is 11.8. The fourth-order valence-corrected chi connectivity index (χ4v) is 2.50. The van der Waals surface area contributed by atoms with Crippen LogP contribution in [-0.2, 0) is 4.79 Å². The number of aromatic nitrogens is 2. The Morgan fingerprint density at radius 1 is 1.62 bits per heavy atom. The van der Waals surface area contributed by atoms with Gasteiger partial charge in [-0.2, -0.15) is 4.98 Å². The van der Waals surface area contributed by atoms with Crippen molar-refractivity contribution in [2.24, 2.45) is 5.92 Å². The van der Waals surface area contributed by atoms with Gasteiger partial charge in [0.1, 0.15) is 0 Å². The second kappa shape index (κ2) is 5.01. The lowest BCUT2D eigenvalue weighted by molar-refractivity contribution is -0.117. The topological polar surface area (TPSA) is 46.1 Å². The summed E-state index contributed by atoms with van der Waals surface area (Å²) in [7, 11) is 0. The van der Waals surface area contributed by atoms with E-state index < -0.39 is 0 Å². The minimum Gasteiger partial charge on any atom is -0.295 e. The second-order valence-corrected chi connectivity index (χ2v) is 5.35. The summed E-state index contributed by atoms with van der Waals surface area (Å²) in [6.45, 7) is 0.603. The van der Waals surface area contributed by atoms with Crippen LogP contribution in [0.15, 0.2) is 6.20 Å². The molecule has 0 aliphatic carbocycles. The first kappa shape index (κ1) is 12.3. The number of hydrogen-bond donors (Lipinski definition) is 0. The molecule has 2 rings (SSSR count). The fraction of sp³-hybridized carbons (Fsp3) is 0.444. The normalized spacial score (nSPS) is 20.6. The predicted molar refractivity (Wildman–Crippen MR) is 70.9 cm³/mol. The highest BCUT2D eigenvalue weighted by Crippen LogP contribution is 2.28. The molecule has 1 aliphatic heterocycles. The van der Waals surface area contributed by atoms with Crippen molar-refractivity contribution in [2.45, 2.75) is 6.42 Å². The van der Waals surface area contributed by atoms with E-state index in [2.05, 4.69) is 32.6 Å². The molecule has 7 heteroatoms. The standard InChI is InChI=1S/C9H8Cl2IN3O/c10-2-5-1-7(16)15(4-5)8-6(12)3-13-9(11)14-8/h3,5H,1-2,4H2. The lowest BCUT2D eigenvalue weighted by Crippen LogP contribution is -2.26. The Morgan fingerprint density at radius 2 is 2.38 bits per heavy atom. The van der Waals surface area contributed by atoms with Crippen LogP contribution in [0.5, 0.6) is 0 Å². The molecule has 1 atom stereocenters. The highest BCUT2D eigenvalue weighted by atomic mass is 127. The molecule has 1 aliphatic rings. The van der Waals surface area contributed by atoms with Crippen LogP contribution in [0.25, 0.3) is 0 Å². The molecule has 0 radical (unpaired) electrons. The van der Waals surface area contributed by atoms with Gasteiger partial charge in [-0.3, -0.25) is 9.69 Å². The molecule has 0 N–H and O–H groups in total. The van der Waals surface area contributed by atoms with E-state index in [0.717, 1.165) is 3.57 Å². The van der Waals surface area contributed by atoms with Gasteiger partial charge < -0.3 is 0 Å². The number of carbonyl (C=O) groups is 1. The van der Waals surface area contributed by atoms with Gasteiger partial charge in [-0.1, -0.05) is 0 Å². The zero-order valence-corrected chi connectivity index (χ0v) is 11.8. The fourth-order valence-electron chi connectivity index (χ4n) is 1.62. The molecule has 1 unspecified atom stereocenters. The third-order valence-corrected chi connectivity index (χ3v) is 3.75. The lowest BCUT2D eigenvalue weighted by atomic mass is 10.2. The molecule has 1 fully saturated rings. The van der Waals surface area contributed by atoms with E-state index >= 15 is 0 Å². The summed E-state index contributed by atoms with van der Waals surface area (Å²) >= 11 is 13.6. The molecule has 16 heavy (non-hydrogen) atoms. The summed E-state index contributed by atoms with van der Waals surface area (Å²) in [6, 6.07) is 0. The maximum Gasteiger partial charge on any atom is 0.228 e. The van der Waals surface area contributed by atoms with E-state index in [0.29, 0.717) is 24.7 Å². The Bertz CT molecular complexity index is 429. The summed E-state index contributed by atoms with van der Waals surface area (Å²) in [4.78, 5) is 21.3. The summed E-state index contributed by atoms with van der Waals surface area (Å²) < 4.78 is 0.811. The summed E-state index contributed by atoms with van der Waals surface area (Å²) in [5.41, 5.74) is 0. The number of rotatable bonds is 2. The highest BCUT2D eigenvalue weighted by molar-refractivity contribution is 14.1. The van der Waals surface area contributed by atoms with Gasteiger partial charge in [0.2, 0.25) is 11.2 Å². The number of anilines is 1. The minimum atomic E-state index is 0.0401. The lowest BCUT2D eigenvalue weighted by Gasteiger charge is -2.16. The van der Waals surface area contributed by atoms with E-state index in [1.165, 1.54) is 0 Å². The van der Waals surface area contributed by atoms with Crippen molar-refractivity contribution >= 4 is 57.5 Å². The smallest absolute Gasteiger partial charge is 0.228 e. The molecule has 86 valence electrons. The van der Waals surface area contributed by atoms with Gasteiger partial charge in [0.05, 0.1) is 3.57 Å². The van der Waals surface area contributed by atoms with Crippen molar-refractivity contribution in [1.82, 2.24) is 9.97 Å². The average molecular weight is 372 g/mol. The Kier molecular flexibility index (Phi) is 3.86. The molecular formula is C9H8Cl2IN3O. The third-order valence-electron chi connectivity index (χ3n) is 2.38. The molecule has 4 nitrogen and oxygen atoms in total. The Hall–Kier alpha value is -0.140. The Labute approximate surface area is 116 Å². The van der Waals surface area contributed by atoms with Gasteiger partial charge in [0, 0.05) is 25.0 Å². The molecule has 1 saturated heterocycles. The van der Waals surface area contributed by atoms with Gasteiger partial charge in [-0.05, 0) is 40.1 Å². The number of hydrogen-bond acceptors (Lipinski definition) is 3. The van der Waals surface area contributed by atoms with Crippen LogP contribution in [0.1, 0.15) is 6.42 Å². The van der Waals surface area contributed by atoms with Crippen LogP contribution >= 0.6 is 45.8 Å². The van der Waals surface area contributed by atoms with Crippen LogP contribution in [-0.4, -0.2) is 28.3 Å². The molecule has 0 bridgehead atoms. The van der Waals surface area contributed by atoms with Crippen LogP contribution in [0, 0.1) is 9.49 Å². The van der Waals surface area contributed by atoms with E-state index in [9.17, 15) is 4.79 Å². The van der Waals surface area contributed by atoms with Crippen LogP contribution < -0.4 is 4.90 Å². The van der Waals surface area contributed by atoms with Crippen molar-refractivity contribution in [3.8, 4) is 0 Å². The van der Waals surface area contributed by atoms with Crippen LogP contribution in [0.3, 0.4) is 0 Å². The van der Waals surface area contributed by atoms with Crippen molar-refractivity contribution in [1.29, 1.82) is 0 Å². The molecular weight excluding hydrogens is 364 g/mol. The monoisotopic (exact) mass is 371 g/mol. The number of halogens is 3. The SMILES string of the molecule is O=C1CC(CCl)CN1c1nc(Cl)ncc1I. The van der Waals surface area contributed by atoms with E-state index in [4.69, 9.17) is 23.2 Å². The van der Waals surface area contributed by atoms with Crippen LogP contribution in [0.4, 0.5) is 5.82 Å². The van der Waals surface area contributed by atoms with Crippen molar-refractivity contribution in [3.05, 3.63) is 15.1 Å². The quantitative estimate of drug-likeness (QED) is 0.455. The number of carbonyl (C=O) groups excluding carboxylic acids is 1. The van der Waals surface area contributed by atoms with Gasteiger partial charge in [-0.25, -0.2) is 4.98 Å². The van der Waals surface area contributed by atoms with Gasteiger partial charge in [0.25, 0.3) is 0 Å². The molecule has 0 saturated carbocycles. The van der Waals surface area contributed by atoms with Gasteiger partial charge in [0.15, 0.2) is 5.82 Å². The zero-order valence-electron chi connectivity index (χ0n) is 8.16. The Balaban J connectivity index is 2.30. The largest absolute Gasteiger partial charge is 0.295 e. The molecule has 1 aromatic heterocycles. The number of alkyl halides is 1. The first-order valence-electron chi connectivity index (χ1n) is 4.66. The Morgan fingerprint density at radius 3 is 3.00 bits per heavy atom. The minimum absolute atomic E-state index is 0.0401. The first-order valence-corrected chi connectivity index (χ1v) is 6.65. The summed E-state index contributed by atoms with van der Waals surface area (Å²) in [6.07, 6.45) is 2.08. The zero-order chi connectivity index (χ0) is 11.7. The molecule has 0 spiro atoms. The number of amides is 1. The highest BCUT2D eigenvalue weighted by Gasteiger charge is 2.32. The molecule has 0 aromatic carbocycles. The van der Waals surface area contributed by atoms with Crippen molar-refractivity contribution in [3.63, 3.8) is 0 Å². The first-order chi connectivity index (χ1) is 7.61. The molecule has 2 heterocycles. The van der Waals surface area contributed by atoms with Crippen LogP contribution in [0.2, 0.25) is 5.28 Å². The van der Waals surface area contributed by atoms with E-state index in [1.807, 2.05) is 0 Å². The molecule has 1 amide bonds. The number of nitrogens with zero attached hydrogens (tertiary/aromatic N) is 3. The average Bonchev–Trinajstić information content (AvgIpc) is 2.63. The maximum atomic E-state index is 11.8. The summed E-state index contributed by atoms with van der Waals surface area (Å²) in [5, 5.41) is 0.150. The second-order valence-electron chi connectivity index (χ2n) is 3.54. The third kappa shape index (κ3) is 2.41. The van der Waals surface area contributed by atoms with Gasteiger partial charge in [-0.15, -0.1) is 11.6 Å².